The highest BCUT2D eigenvalue weighted by molar-refractivity contribution is 8.02. The minimum Gasteiger partial charge on any atom is -0.374 e. The zero-order valence-corrected chi connectivity index (χ0v) is 14.6. The van der Waals surface area contributed by atoms with Crippen LogP contribution in [-0.2, 0) is 17.6 Å². The lowest BCUT2D eigenvalue weighted by atomic mass is 10.0. The van der Waals surface area contributed by atoms with E-state index in [0.29, 0.717) is 9.47 Å². The van der Waals surface area contributed by atoms with Crippen LogP contribution in [-0.4, -0.2) is 21.4 Å². The zero-order chi connectivity index (χ0) is 16.1. The normalized spacial score (nSPS) is 12.1. The van der Waals surface area contributed by atoms with E-state index in [4.69, 9.17) is 5.73 Å². The number of carbonyl (C=O) groups excluding carboxylic acids is 1. The molecule has 0 aliphatic heterocycles. The third-order valence-electron chi connectivity index (χ3n) is 3.32. The van der Waals surface area contributed by atoms with Crippen molar-refractivity contribution < 1.29 is 4.79 Å². The Kier molecular flexibility index (Phi) is 5.79. The maximum Gasteiger partial charge on any atom is 0.237 e. The maximum absolute atomic E-state index is 12.5. The van der Waals surface area contributed by atoms with E-state index in [-0.39, 0.29) is 11.2 Å². The van der Waals surface area contributed by atoms with Gasteiger partial charge in [0.2, 0.25) is 11.0 Å². The number of nitrogens with two attached hydrogens (primary N) is 1. The fraction of sp³-hybridized carbons (Fsp3) is 0.400. The van der Waals surface area contributed by atoms with Gasteiger partial charge in [-0.25, -0.2) is 0 Å². The van der Waals surface area contributed by atoms with Gasteiger partial charge in [0, 0.05) is 5.69 Å². The second kappa shape index (κ2) is 7.60. The summed E-state index contributed by atoms with van der Waals surface area (Å²) in [5, 5.41) is 10.9. The Bertz CT molecular complexity index is 634. The molecule has 1 aromatic carbocycles. The fourth-order valence-electron chi connectivity index (χ4n) is 2.10. The largest absolute Gasteiger partial charge is 0.374 e. The summed E-state index contributed by atoms with van der Waals surface area (Å²) in [6, 6.07) is 6.14. The van der Waals surface area contributed by atoms with Crippen LogP contribution in [0, 0.1) is 0 Å². The van der Waals surface area contributed by atoms with Gasteiger partial charge in [0.1, 0.15) is 0 Å². The molecule has 1 amide bonds. The van der Waals surface area contributed by atoms with Gasteiger partial charge in [0.25, 0.3) is 0 Å². The maximum atomic E-state index is 12.5. The van der Waals surface area contributed by atoms with Crippen molar-refractivity contribution in [2.24, 2.45) is 0 Å². The molecule has 0 bridgehead atoms. The lowest BCUT2D eigenvalue weighted by Crippen LogP contribution is -2.23. The Morgan fingerprint density at radius 2 is 1.95 bits per heavy atom. The number of nitrogens with zero attached hydrogens (tertiary/aromatic N) is 2. The molecule has 1 heterocycles. The van der Waals surface area contributed by atoms with Crippen LogP contribution in [0.5, 0.6) is 0 Å². The van der Waals surface area contributed by atoms with Gasteiger partial charge >= 0.3 is 0 Å². The summed E-state index contributed by atoms with van der Waals surface area (Å²) < 4.78 is 0.708. The highest BCUT2D eigenvalue weighted by Crippen LogP contribution is 2.29. The number of aromatic nitrogens is 2. The molecule has 0 saturated carbocycles. The van der Waals surface area contributed by atoms with Crippen LogP contribution in [0.4, 0.5) is 10.8 Å². The number of benzene rings is 1. The molecule has 22 heavy (non-hydrogen) atoms. The van der Waals surface area contributed by atoms with E-state index in [2.05, 4.69) is 41.5 Å². The molecule has 118 valence electrons. The first-order chi connectivity index (χ1) is 10.5. The summed E-state index contributed by atoms with van der Waals surface area (Å²) >= 11 is 2.67. The molecule has 5 nitrogen and oxygen atoms in total. The van der Waals surface area contributed by atoms with E-state index < -0.39 is 0 Å². The van der Waals surface area contributed by atoms with Crippen LogP contribution < -0.4 is 11.1 Å². The highest BCUT2D eigenvalue weighted by atomic mass is 32.2. The first kappa shape index (κ1) is 16.8. The minimum absolute atomic E-state index is 0.0330. The number of amides is 1. The number of rotatable bonds is 6. The minimum atomic E-state index is -0.262. The van der Waals surface area contributed by atoms with Gasteiger partial charge in [-0.1, -0.05) is 55.1 Å². The van der Waals surface area contributed by atoms with Crippen molar-refractivity contribution in [1.82, 2.24) is 10.2 Å². The number of aryl methyl sites for hydroxylation is 2. The first-order valence-corrected chi connectivity index (χ1v) is 8.92. The van der Waals surface area contributed by atoms with E-state index >= 15 is 0 Å². The van der Waals surface area contributed by atoms with Crippen LogP contribution >= 0.6 is 23.1 Å². The second-order valence-electron chi connectivity index (χ2n) is 4.81. The topological polar surface area (TPSA) is 80.9 Å². The van der Waals surface area contributed by atoms with Crippen LogP contribution in [0.3, 0.4) is 0 Å². The lowest BCUT2D eigenvalue weighted by Gasteiger charge is -2.16. The second-order valence-corrected chi connectivity index (χ2v) is 7.41. The molecule has 3 N–H and O–H groups in total. The van der Waals surface area contributed by atoms with Gasteiger partial charge in [-0.2, -0.15) is 0 Å². The van der Waals surface area contributed by atoms with E-state index in [1.807, 2.05) is 13.0 Å². The van der Waals surface area contributed by atoms with Crippen molar-refractivity contribution in [3.63, 3.8) is 0 Å². The molecular formula is C15H20N4OS2. The smallest absolute Gasteiger partial charge is 0.237 e. The predicted molar refractivity (Wildman–Crippen MR) is 93.5 cm³/mol. The summed E-state index contributed by atoms with van der Waals surface area (Å²) in [4.78, 5) is 12.5. The van der Waals surface area contributed by atoms with Crippen LogP contribution in [0.1, 0.15) is 31.9 Å². The Hall–Kier alpha value is -1.60. The zero-order valence-electron chi connectivity index (χ0n) is 12.9. The summed E-state index contributed by atoms with van der Waals surface area (Å²) in [7, 11) is 0. The summed E-state index contributed by atoms with van der Waals surface area (Å²) in [6.45, 7) is 6.04. The SMILES string of the molecule is CCc1cccc(CC)c1NC(=O)[C@@H](C)Sc1nnc(N)s1. The summed E-state index contributed by atoms with van der Waals surface area (Å²) in [6.07, 6.45) is 1.77. The molecule has 2 rings (SSSR count). The highest BCUT2D eigenvalue weighted by Gasteiger charge is 2.19. The van der Waals surface area contributed by atoms with Gasteiger partial charge < -0.3 is 11.1 Å². The molecule has 7 heteroatoms. The van der Waals surface area contributed by atoms with Crippen molar-refractivity contribution >= 4 is 39.8 Å². The number of nitrogen functional groups attached to an aromatic ring is 1. The summed E-state index contributed by atoms with van der Waals surface area (Å²) in [5.41, 5.74) is 8.82. The predicted octanol–water partition coefficient (Wildman–Crippen LogP) is 3.36. The third-order valence-corrected chi connectivity index (χ3v) is 5.25. The number of hydrogen-bond donors (Lipinski definition) is 2. The molecule has 1 aromatic heterocycles. The van der Waals surface area contributed by atoms with E-state index in [0.717, 1.165) is 29.7 Å². The van der Waals surface area contributed by atoms with Crippen LogP contribution in [0.2, 0.25) is 0 Å². The number of nitrogens with one attached hydrogen (secondary N) is 1. The standard InChI is InChI=1S/C15H20N4OS2/c1-4-10-7-6-8-11(5-2)12(10)17-13(20)9(3)21-15-19-18-14(16)22-15/h6-9H,4-5H2,1-3H3,(H2,16,18)(H,17,20)/t9-/m1/s1. The molecule has 0 aliphatic rings. The average molecular weight is 336 g/mol. The Morgan fingerprint density at radius 3 is 2.45 bits per heavy atom. The average Bonchev–Trinajstić information content (AvgIpc) is 2.92. The fourth-order valence-corrected chi connectivity index (χ4v) is 3.88. The molecule has 0 saturated heterocycles. The van der Waals surface area contributed by atoms with Crippen LogP contribution in [0.25, 0.3) is 0 Å². The van der Waals surface area contributed by atoms with Crippen molar-refractivity contribution in [2.45, 2.75) is 43.2 Å². The molecule has 2 aromatic rings. The third kappa shape index (κ3) is 3.98. The van der Waals surface area contributed by atoms with Gasteiger partial charge in [-0.15, -0.1) is 10.2 Å². The number of para-hydroxylation sites is 1. The van der Waals surface area contributed by atoms with Crippen molar-refractivity contribution in [2.75, 3.05) is 11.1 Å². The first-order valence-electron chi connectivity index (χ1n) is 7.22. The molecule has 0 fully saturated rings. The van der Waals surface area contributed by atoms with E-state index in [1.54, 1.807) is 0 Å². The number of thioether (sulfide) groups is 1. The van der Waals surface area contributed by atoms with Crippen LogP contribution in [0.15, 0.2) is 22.5 Å². The van der Waals surface area contributed by atoms with Crippen molar-refractivity contribution in [3.05, 3.63) is 29.3 Å². The number of hydrogen-bond acceptors (Lipinski definition) is 6. The quantitative estimate of drug-likeness (QED) is 0.791. The van der Waals surface area contributed by atoms with E-state index in [1.165, 1.54) is 23.1 Å². The lowest BCUT2D eigenvalue weighted by molar-refractivity contribution is -0.115. The number of carbonyl (C=O) groups is 1. The number of anilines is 2. The molecule has 0 radical (unpaired) electrons. The summed E-state index contributed by atoms with van der Waals surface area (Å²) in [5.74, 6) is -0.0330. The molecule has 1 atom stereocenters. The molecule has 0 aliphatic carbocycles. The van der Waals surface area contributed by atoms with Gasteiger partial charge in [-0.3, -0.25) is 4.79 Å². The van der Waals surface area contributed by atoms with Gasteiger partial charge in [-0.05, 0) is 30.9 Å². The van der Waals surface area contributed by atoms with Crippen molar-refractivity contribution in [3.8, 4) is 0 Å². The van der Waals surface area contributed by atoms with E-state index in [9.17, 15) is 4.79 Å². The molecule has 0 unspecified atom stereocenters. The molecular weight excluding hydrogens is 316 g/mol. The van der Waals surface area contributed by atoms with Gasteiger partial charge in [0.15, 0.2) is 4.34 Å². The Balaban J connectivity index is 2.11. The van der Waals surface area contributed by atoms with Gasteiger partial charge in [0.05, 0.1) is 5.25 Å². The monoisotopic (exact) mass is 336 g/mol. The molecule has 0 spiro atoms. The Labute approximate surface area is 138 Å². The van der Waals surface area contributed by atoms with Crippen molar-refractivity contribution in [1.29, 1.82) is 0 Å². The Morgan fingerprint density at radius 1 is 1.32 bits per heavy atom.